The van der Waals surface area contributed by atoms with Crippen LogP contribution in [0.25, 0.3) is 11.0 Å². The molecule has 130 valence electrons. The fraction of sp³-hybridized carbons (Fsp3) is 0.222. The van der Waals surface area contributed by atoms with E-state index in [0.717, 1.165) is 16.9 Å². The first kappa shape index (κ1) is 17.9. The summed E-state index contributed by atoms with van der Waals surface area (Å²) in [6, 6.07) is 9.06. The first-order valence-electron chi connectivity index (χ1n) is 7.68. The fourth-order valence-corrected chi connectivity index (χ4v) is 3.88. The molecule has 25 heavy (non-hydrogen) atoms. The van der Waals surface area contributed by atoms with Crippen LogP contribution in [-0.2, 0) is 11.2 Å². The Balaban J connectivity index is 1.91. The van der Waals surface area contributed by atoms with Crippen LogP contribution in [0.3, 0.4) is 0 Å². The van der Waals surface area contributed by atoms with E-state index in [1.165, 1.54) is 0 Å². The molecular formula is C18H15Br2N2O3-. The number of carboxylic acid groups (broad SMARTS) is 1. The van der Waals surface area contributed by atoms with Crippen molar-refractivity contribution in [2.24, 2.45) is 0 Å². The van der Waals surface area contributed by atoms with Crippen molar-refractivity contribution >= 4 is 48.9 Å². The maximum absolute atomic E-state index is 10.8. The third-order valence-electron chi connectivity index (χ3n) is 3.64. The summed E-state index contributed by atoms with van der Waals surface area (Å²) in [5.41, 5.74) is 2.41. The van der Waals surface area contributed by atoms with E-state index in [-0.39, 0.29) is 6.42 Å². The van der Waals surface area contributed by atoms with Gasteiger partial charge in [0.15, 0.2) is 5.75 Å². The van der Waals surface area contributed by atoms with Gasteiger partial charge < -0.3 is 19.6 Å². The van der Waals surface area contributed by atoms with Crippen molar-refractivity contribution in [3.63, 3.8) is 0 Å². The van der Waals surface area contributed by atoms with Crippen LogP contribution in [0.5, 0.6) is 11.5 Å². The average Bonchev–Trinajstić information content (AvgIpc) is 2.94. The number of benzene rings is 2. The molecule has 0 unspecified atom stereocenters. The molecule has 5 nitrogen and oxygen atoms in total. The van der Waals surface area contributed by atoms with E-state index in [4.69, 9.17) is 4.74 Å². The number of H-pyrrole nitrogens is 1. The third kappa shape index (κ3) is 4.04. The molecule has 0 aliphatic carbocycles. The summed E-state index contributed by atoms with van der Waals surface area (Å²) >= 11 is 6.86. The van der Waals surface area contributed by atoms with Crippen LogP contribution in [0.4, 0.5) is 0 Å². The van der Waals surface area contributed by atoms with E-state index >= 15 is 0 Å². The van der Waals surface area contributed by atoms with E-state index in [0.29, 0.717) is 31.9 Å². The maximum atomic E-state index is 10.8. The van der Waals surface area contributed by atoms with Gasteiger partial charge in [0.1, 0.15) is 11.6 Å². The van der Waals surface area contributed by atoms with Gasteiger partial charge in [-0.05, 0) is 61.7 Å². The molecule has 0 saturated heterocycles. The van der Waals surface area contributed by atoms with Gasteiger partial charge in [0, 0.05) is 24.4 Å². The molecule has 0 saturated carbocycles. The largest absolute Gasteiger partial charge is 0.550 e. The van der Waals surface area contributed by atoms with Crippen LogP contribution in [-0.4, -0.2) is 15.9 Å². The number of fused-ring (bicyclic) bond motifs is 1. The molecule has 1 aromatic heterocycles. The first-order chi connectivity index (χ1) is 11.8. The number of carboxylic acids is 1. The number of hydrogen-bond acceptors (Lipinski definition) is 4. The Morgan fingerprint density at radius 2 is 1.92 bits per heavy atom. The molecule has 0 bridgehead atoms. The van der Waals surface area contributed by atoms with Crippen molar-refractivity contribution < 1.29 is 14.6 Å². The normalized spacial score (nSPS) is 11.2. The molecule has 0 aliphatic heterocycles. The van der Waals surface area contributed by atoms with Crippen molar-refractivity contribution in [2.75, 3.05) is 0 Å². The lowest BCUT2D eigenvalue weighted by Gasteiger charge is -2.12. The molecular weight excluding hydrogens is 452 g/mol. The third-order valence-corrected chi connectivity index (χ3v) is 4.82. The molecule has 3 aromatic rings. The summed E-state index contributed by atoms with van der Waals surface area (Å²) < 4.78 is 7.29. The minimum atomic E-state index is -1.13. The van der Waals surface area contributed by atoms with Gasteiger partial charge in [-0.1, -0.05) is 13.8 Å². The number of aliphatic carboxylic acids is 1. The molecule has 1 heterocycles. The number of hydrogen-bond donors (Lipinski definition) is 1. The van der Waals surface area contributed by atoms with Gasteiger partial charge in [-0.15, -0.1) is 0 Å². The number of rotatable bonds is 5. The van der Waals surface area contributed by atoms with Gasteiger partial charge in [-0.3, -0.25) is 0 Å². The zero-order valence-electron chi connectivity index (χ0n) is 13.6. The minimum Gasteiger partial charge on any atom is -0.550 e. The summed E-state index contributed by atoms with van der Waals surface area (Å²) in [5.74, 6) is 1.35. The highest BCUT2D eigenvalue weighted by Gasteiger charge is 2.12. The summed E-state index contributed by atoms with van der Waals surface area (Å²) in [4.78, 5) is 18.6. The Morgan fingerprint density at radius 1 is 1.24 bits per heavy atom. The Labute approximate surface area is 161 Å². The summed E-state index contributed by atoms with van der Waals surface area (Å²) in [6.07, 6.45) is -0.157. The summed E-state index contributed by atoms with van der Waals surface area (Å²) in [6.45, 7) is 4.16. The van der Waals surface area contributed by atoms with Crippen molar-refractivity contribution in [3.05, 3.63) is 50.7 Å². The second-order valence-electron chi connectivity index (χ2n) is 6.00. The van der Waals surface area contributed by atoms with E-state index in [1.807, 2.05) is 18.2 Å². The average molecular weight is 467 g/mol. The van der Waals surface area contributed by atoms with Gasteiger partial charge in [0.05, 0.1) is 20.0 Å². The van der Waals surface area contributed by atoms with Crippen molar-refractivity contribution in [1.82, 2.24) is 9.97 Å². The van der Waals surface area contributed by atoms with E-state index < -0.39 is 5.97 Å². The number of halogens is 2. The quantitative estimate of drug-likeness (QED) is 0.608. The fourth-order valence-electron chi connectivity index (χ4n) is 2.44. The molecule has 0 atom stereocenters. The SMILES string of the molecule is CC(C)c1nc2ccc(Oc3c(Br)cc(CC(=O)[O-])cc3Br)cc2[nH]1. The van der Waals surface area contributed by atoms with Crippen LogP contribution < -0.4 is 9.84 Å². The zero-order chi connectivity index (χ0) is 18.1. The number of carbonyl (C=O) groups excluding carboxylic acids is 1. The molecule has 0 fully saturated rings. The van der Waals surface area contributed by atoms with E-state index in [9.17, 15) is 9.90 Å². The predicted molar refractivity (Wildman–Crippen MR) is 101 cm³/mol. The highest BCUT2D eigenvalue weighted by molar-refractivity contribution is 9.11. The molecule has 0 aliphatic rings. The topological polar surface area (TPSA) is 78.0 Å². The molecule has 3 rings (SSSR count). The lowest BCUT2D eigenvalue weighted by Crippen LogP contribution is -2.24. The van der Waals surface area contributed by atoms with Crippen molar-refractivity contribution in [1.29, 1.82) is 0 Å². The Hall–Kier alpha value is -1.86. The molecule has 1 N–H and O–H groups in total. The van der Waals surface area contributed by atoms with Crippen LogP contribution in [0.15, 0.2) is 39.3 Å². The van der Waals surface area contributed by atoms with Crippen LogP contribution >= 0.6 is 31.9 Å². The van der Waals surface area contributed by atoms with Crippen LogP contribution in [0, 0.1) is 0 Å². The number of imidazole rings is 1. The first-order valence-corrected chi connectivity index (χ1v) is 9.27. The minimum absolute atomic E-state index is 0.157. The standard InChI is InChI=1S/C18H16Br2N2O3/c1-9(2)18-21-14-4-3-11(8-15(14)22-18)25-17-12(19)5-10(6-13(17)20)7-16(23)24/h3-6,8-9H,7H2,1-2H3,(H,21,22)(H,23,24)/p-1. The molecule has 0 radical (unpaired) electrons. The number of nitrogens with one attached hydrogen (secondary N) is 1. The molecule has 0 spiro atoms. The number of aromatic amines is 1. The number of nitrogens with zero attached hydrogens (tertiary/aromatic N) is 1. The predicted octanol–water partition coefficient (Wildman–Crippen LogP) is 4.30. The monoisotopic (exact) mass is 465 g/mol. The zero-order valence-corrected chi connectivity index (χ0v) is 16.8. The summed E-state index contributed by atoms with van der Waals surface area (Å²) in [7, 11) is 0. The number of aromatic nitrogens is 2. The maximum Gasteiger partial charge on any atom is 0.155 e. The molecule has 7 heteroatoms. The number of ether oxygens (including phenoxy) is 1. The lowest BCUT2D eigenvalue weighted by atomic mass is 10.1. The van der Waals surface area contributed by atoms with Crippen molar-refractivity contribution in [2.45, 2.75) is 26.2 Å². The smallest absolute Gasteiger partial charge is 0.155 e. The van der Waals surface area contributed by atoms with Gasteiger partial charge in [0.2, 0.25) is 0 Å². The Kier molecular flexibility index (Phi) is 5.15. The van der Waals surface area contributed by atoms with Gasteiger partial charge >= 0.3 is 0 Å². The number of carbonyl (C=O) groups is 1. The highest BCUT2D eigenvalue weighted by atomic mass is 79.9. The summed E-state index contributed by atoms with van der Waals surface area (Å²) in [5, 5.41) is 10.8. The second kappa shape index (κ2) is 7.17. The van der Waals surface area contributed by atoms with Crippen molar-refractivity contribution in [3.8, 4) is 11.5 Å². The Morgan fingerprint density at radius 3 is 2.52 bits per heavy atom. The van der Waals surface area contributed by atoms with Crippen LogP contribution in [0.1, 0.15) is 31.2 Å². The lowest BCUT2D eigenvalue weighted by molar-refractivity contribution is -0.304. The van der Waals surface area contributed by atoms with Gasteiger partial charge in [-0.25, -0.2) is 4.98 Å². The van der Waals surface area contributed by atoms with Gasteiger partial charge in [0.25, 0.3) is 0 Å². The van der Waals surface area contributed by atoms with E-state index in [1.54, 1.807) is 12.1 Å². The molecule has 0 amide bonds. The highest BCUT2D eigenvalue weighted by Crippen LogP contribution is 2.38. The molecule has 2 aromatic carbocycles. The van der Waals surface area contributed by atoms with Crippen LogP contribution in [0.2, 0.25) is 0 Å². The Bertz CT molecular complexity index is 928. The van der Waals surface area contributed by atoms with E-state index in [2.05, 4.69) is 55.7 Å². The van der Waals surface area contributed by atoms with Gasteiger partial charge in [-0.2, -0.15) is 0 Å². The second-order valence-corrected chi connectivity index (χ2v) is 7.70.